The predicted molar refractivity (Wildman–Crippen MR) is 61.0 cm³/mol. The van der Waals surface area contributed by atoms with E-state index in [4.69, 9.17) is 0 Å². The van der Waals surface area contributed by atoms with Crippen LogP contribution in [0.1, 0.15) is 25.7 Å². The molecular weight excluding hydrogens is 350 g/mol. The molecule has 2 unspecified atom stereocenters. The van der Waals surface area contributed by atoms with E-state index in [1.54, 1.807) is 0 Å². The largest absolute Gasteiger partial charge is 0.362 e. The van der Waals surface area contributed by atoms with Crippen LogP contribution in [0.2, 0.25) is 0 Å². The minimum Gasteiger partial charge on any atom is -0.362 e. The third kappa shape index (κ3) is 6.34. The molecule has 0 aromatic heterocycles. The van der Waals surface area contributed by atoms with Crippen molar-refractivity contribution in [2.24, 2.45) is 0 Å². The maximum atomic E-state index is 13.3. The summed E-state index contributed by atoms with van der Waals surface area (Å²) in [5, 5.41) is 0. The van der Waals surface area contributed by atoms with Crippen molar-refractivity contribution >= 4 is 0 Å². The van der Waals surface area contributed by atoms with Crippen molar-refractivity contribution in [2.75, 3.05) is 13.3 Å². The Hall–Kier alpha value is -0.740. The first-order chi connectivity index (χ1) is 10.5. The summed E-state index contributed by atoms with van der Waals surface area (Å²) in [6.07, 6.45) is -18.0. The fourth-order valence-electron chi connectivity index (χ4n) is 1.71. The van der Waals surface area contributed by atoms with Crippen molar-refractivity contribution in [3.63, 3.8) is 0 Å². The number of alkyl halides is 10. The Bertz CT molecular complexity index is 293. The molecule has 0 N–H and O–H groups in total. The molecule has 140 valence electrons. The van der Waals surface area contributed by atoms with Crippen molar-refractivity contribution in [1.82, 2.24) is 0 Å². The zero-order chi connectivity index (χ0) is 18.3. The molecule has 0 fully saturated rings. The monoisotopic (exact) mass is 366 g/mol. The highest BCUT2D eigenvalue weighted by Crippen LogP contribution is 2.38. The van der Waals surface area contributed by atoms with E-state index in [1.807, 2.05) is 0 Å². The highest BCUT2D eigenvalue weighted by molar-refractivity contribution is 4.87. The first-order valence-electron chi connectivity index (χ1n) is 6.61. The Kier molecular flexibility index (Phi) is 9.22. The molecule has 0 saturated heterocycles. The minimum absolute atomic E-state index is 0.719. The summed E-state index contributed by atoms with van der Waals surface area (Å²) in [5.41, 5.74) is 0. The van der Waals surface area contributed by atoms with Crippen molar-refractivity contribution < 1.29 is 48.6 Å². The Balaban J connectivity index is 5.33. The first-order valence-corrected chi connectivity index (χ1v) is 6.61. The zero-order valence-corrected chi connectivity index (χ0v) is 11.7. The van der Waals surface area contributed by atoms with Gasteiger partial charge in [-0.2, -0.15) is 17.6 Å². The van der Waals surface area contributed by atoms with Crippen LogP contribution in [0.15, 0.2) is 0 Å². The van der Waals surface area contributed by atoms with Gasteiger partial charge in [0.15, 0.2) is 0 Å². The molecule has 0 saturated carbocycles. The van der Waals surface area contributed by atoms with Gasteiger partial charge in [-0.1, -0.05) is 0 Å². The van der Waals surface area contributed by atoms with Crippen LogP contribution in [0.4, 0.5) is 43.9 Å². The molecule has 0 radical (unpaired) electrons. The number of halogens is 10. The first kappa shape index (κ1) is 22.3. The molecule has 0 bridgehead atoms. The van der Waals surface area contributed by atoms with E-state index in [0.29, 0.717) is 0 Å². The van der Waals surface area contributed by atoms with Crippen molar-refractivity contribution in [3.8, 4) is 0 Å². The summed E-state index contributed by atoms with van der Waals surface area (Å²) in [6.45, 7) is -2.45. The average Bonchev–Trinajstić information content (AvgIpc) is 2.45. The maximum Gasteiger partial charge on any atom is 0.332 e. The number of rotatable bonds is 12. The molecule has 11 heteroatoms. The van der Waals surface area contributed by atoms with Crippen LogP contribution in [0.3, 0.4) is 0 Å². The second-order valence-corrected chi connectivity index (χ2v) is 4.73. The van der Waals surface area contributed by atoms with Gasteiger partial charge in [0.25, 0.3) is 0 Å². The van der Waals surface area contributed by atoms with Gasteiger partial charge in [-0.05, 0) is 25.7 Å². The molecule has 0 spiro atoms. The molecule has 23 heavy (non-hydrogen) atoms. The van der Waals surface area contributed by atoms with Gasteiger partial charge in [0.2, 0.25) is 0 Å². The van der Waals surface area contributed by atoms with Gasteiger partial charge in [0.1, 0.15) is 12.2 Å². The summed E-state index contributed by atoms with van der Waals surface area (Å²) in [6, 6.07) is 0. The SMILES string of the molecule is FCCCC(OC(CCCF)C(F)(F)C(F)F)C(F)(F)C(F)F. The molecule has 0 aliphatic rings. The Morgan fingerprint density at radius 3 is 1.17 bits per heavy atom. The van der Waals surface area contributed by atoms with Crippen LogP contribution in [0.25, 0.3) is 0 Å². The quantitative estimate of drug-likeness (QED) is 0.440. The van der Waals surface area contributed by atoms with Crippen LogP contribution in [-0.4, -0.2) is 50.3 Å². The lowest BCUT2D eigenvalue weighted by Gasteiger charge is -2.33. The highest BCUT2D eigenvalue weighted by Gasteiger charge is 2.55. The fourth-order valence-corrected chi connectivity index (χ4v) is 1.71. The molecule has 0 aliphatic carbocycles. The second kappa shape index (κ2) is 9.53. The lowest BCUT2D eigenvalue weighted by Crippen LogP contribution is -2.50. The standard InChI is InChI=1S/C12H16F10O/c13-5-1-3-7(11(19,20)9(15)16)23-8(4-2-6-14)12(21,22)10(17)18/h7-10H,1-6H2. The zero-order valence-electron chi connectivity index (χ0n) is 11.7. The highest BCUT2D eigenvalue weighted by atomic mass is 19.3. The summed E-state index contributed by atoms with van der Waals surface area (Å²) in [4.78, 5) is 0. The molecule has 0 aliphatic heterocycles. The van der Waals surface area contributed by atoms with E-state index < -0.39 is 75.9 Å². The number of hydrogen-bond acceptors (Lipinski definition) is 1. The Labute approximate surface area is 126 Å². The molecule has 0 aromatic carbocycles. The van der Waals surface area contributed by atoms with E-state index >= 15 is 0 Å². The van der Waals surface area contributed by atoms with Gasteiger partial charge in [-0.15, -0.1) is 0 Å². The van der Waals surface area contributed by atoms with E-state index in [1.165, 1.54) is 0 Å². The minimum atomic E-state index is -4.94. The third-order valence-corrected chi connectivity index (χ3v) is 2.97. The smallest absolute Gasteiger partial charge is 0.332 e. The lowest BCUT2D eigenvalue weighted by atomic mass is 10.0. The van der Waals surface area contributed by atoms with Crippen LogP contribution in [-0.2, 0) is 4.74 Å². The van der Waals surface area contributed by atoms with E-state index in [0.717, 1.165) is 0 Å². The average molecular weight is 366 g/mol. The van der Waals surface area contributed by atoms with Crippen LogP contribution in [0, 0.1) is 0 Å². The molecular formula is C12H16F10O. The van der Waals surface area contributed by atoms with E-state index in [-0.39, 0.29) is 0 Å². The van der Waals surface area contributed by atoms with Crippen molar-refractivity contribution in [1.29, 1.82) is 0 Å². The fraction of sp³-hybridized carbons (Fsp3) is 1.00. The van der Waals surface area contributed by atoms with Gasteiger partial charge in [0.05, 0.1) is 13.3 Å². The van der Waals surface area contributed by atoms with Crippen LogP contribution in [0.5, 0.6) is 0 Å². The normalized spacial score (nSPS) is 16.2. The Morgan fingerprint density at radius 2 is 0.957 bits per heavy atom. The molecule has 2 atom stereocenters. The molecule has 1 nitrogen and oxygen atoms in total. The van der Waals surface area contributed by atoms with Crippen LogP contribution < -0.4 is 0 Å². The molecule has 0 aromatic rings. The Morgan fingerprint density at radius 1 is 0.652 bits per heavy atom. The van der Waals surface area contributed by atoms with Gasteiger partial charge in [-0.25, -0.2) is 17.6 Å². The van der Waals surface area contributed by atoms with Gasteiger partial charge in [-0.3, -0.25) is 8.78 Å². The van der Waals surface area contributed by atoms with Gasteiger partial charge in [0, 0.05) is 0 Å². The number of ether oxygens (including phenoxy) is 1. The van der Waals surface area contributed by atoms with E-state index in [2.05, 4.69) is 4.74 Å². The third-order valence-electron chi connectivity index (χ3n) is 2.97. The number of hydrogen-bond donors (Lipinski definition) is 0. The van der Waals surface area contributed by atoms with Gasteiger partial charge < -0.3 is 4.74 Å². The maximum absolute atomic E-state index is 13.3. The van der Waals surface area contributed by atoms with E-state index in [9.17, 15) is 43.9 Å². The van der Waals surface area contributed by atoms with Crippen molar-refractivity contribution in [2.45, 2.75) is 62.6 Å². The molecule has 0 amide bonds. The van der Waals surface area contributed by atoms with Crippen LogP contribution >= 0.6 is 0 Å². The predicted octanol–water partition coefficient (Wildman–Crippen LogP) is 5.04. The molecule has 0 rings (SSSR count). The summed E-state index contributed by atoms with van der Waals surface area (Å²) >= 11 is 0. The topological polar surface area (TPSA) is 9.23 Å². The summed E-state index contributed by atoms with van der Waals surface area (Å²) < 4.78 is 131. The molecule has 0 heterocycles. The van der Waals surface area contributed by atoms with Gasteiger partial charge >= 0.3 is 24.7 Å². The van der Waals surface area contributed by atoms with Crippen molar-refractivity contribution in [3.05, 3.63) is 0 Å². The lowest BCUT2D eigenvalue weighted by molar-refractivity contribution is -0.270. The second-order valence-electron chi connectivity index (χ2n) is 4.73. The summed E-state index contributed by atoms with van der Waals surface area (Å²) in [7, 11) is 0. The summed E-state index contributed by atoms with van der Waals surface area (Å²) in [5.74, 6) is -9.89.